The zero-order valence-electron chi connectivity index (χ0n) is 11.8. The minimum Gasteiger partial charge on any atom is -0.370 e. The molecule has 1 aromatic carbocycles. The zero-order chi connectivity index (χ0) is 13.1. The summed E-state index contributed by atoms with van der Waals surface area (Å²) >= 11 is 0. The van der Waals surface area contributed by atoms with Gasteiger partial charge < -0.3 is 11.1 Å². The van der Waals surface area contributed by atoms with Gasteiger partial charge in [0, 0.05) is 6.54 Å². The van der Waals surface area contributed by atoms with Gasteiger partial charge in [0.25, 0.3) is 0 Å². The fraction of sp³-hybridized carbons (Fsp3) is 0.562. The normalized spacial score (nSPS) is 19.1. The quantitative estimate of drug-likeness (QED) is 0.464. The van der Waals surface area contributed by atoms with E-state index in [0.717, 1.165) is 18.4 Å². The number of halogens is 1. The second-order valence-electron chi connectivity index (χ2n) is 5.90. The van der Waals surface area contributed by atoms with Crippen molar-refractivity contribution in [3.8, 4) is 0 Å². The Kier molecular flexibility index (Phi) is 5.69. The molecule has 0 unspecified atom stereocenters. The van der Waals surface area contributed by atoms with Crippen LogP contribution >= 0.6 is 24.0 Å². The topological polar surface area (TPSA) is 50.4 Å². The molecule has 0 atom stereocenters. The van der Waals surface area contributed by atoms with E-state index in [2.05, 4.69) is 34.6 Å². The smallest absolute Gasteiger partial charge is 0.188 e. The Hall–Kier alpha value is -0.780. The van der Waals surface area contributed by atoms with Crippen molar-refractivity contribution in [2.24, 2.45) is 16.6 Å². The standard InChI is InChI=1S/C16H23N3.HI/c17-16(18-10-12-2-1-3-12)19-11-13-4-6-14(7-5-13)15-8-9-15;/h4-7,12,15H,1-3,8-11H2,(H3,17,18,19);1H. The molecular weight excluding hydrogens is 361 g/mol. The predicted octanol–water partition coefficient (Wildman–Crippen LogP) is 3.39. The molecule has 0 aliphatic heterocycles. The Bertz CT molecular complexity index is 447. The molecule has 0 saturated heterocycles. The summed E-state index contributed by atoms with van der Waals surface area (Å²) < 4.78 is 0. The van der Waals surface area contributed by atoms with Gasteiger partial charge in [0.05, 0.1) is 6.54 Å². The van der Waals surface area contributed by atoms with E-state index in [9.17, 15) is 0 Å². The molecule has 0 radical (unpaired) electrons. The van der Waals surface area contributed by atoms with Gasteiger partial charge in [0.2, 0.25) is 0 Å². The fourth-order valence-corrected chi connectivity index (χ4v) is 2.49. The largest absolute Gasteiger partial charge is 0.370 e. The number of hydrogen-bond donors (Lipinski definition) is 2. The molecule has 0 bridgehead atoms. The Labute approximate surface area is 138 Å². The summed E-state index contributed by atoms with van der Waals surface area (Å²) in [7, 11) is 0. The minimum atomic E-state index is 0. The van der Waals surface area contributed by atoms with E-state index < -0.39 is 0 Å². The Morgan fingerprint density at radius 2 is 1.85 bits per heavy atom. The van der Waals surface area contributed by atoms with Crippen molar-refractivity contribution in [1.82, 2.24) is 5.32 Å². The van der Waals surface area contributed by atoms with Gasteiger partial charge in [-0.25, -0.2) is 4.99 Å². The van der Waals surface area contributed by atoms with Gasteiger partial charge in [-0.3, -0.25) is 0 Å². The maximum atomic E-state index is 5.88. The highest BCUT2D eigenvalue weighted by Crippen LogP contribution is 2.39. The first-order valence-electron chi connectivity index (χ1n) is 7.44. The van der Waals surface area contributed by atoms with Gasteiger partial charge in [-0.15, -0.1) is 24.0 Å². The second kappa shape index (κ2) is 7.29. The highest BCUT2D eigenvalue weighted by molar-refractivity contribution is 14.0. The van der Waals surface area contributed by atoms with E-state index in [4.69, 9.17) is 5.73 Å². The molecule has 20 heavy (non-hydrogen) atoms. The minimum absolute atomic E-state index is 0. The lowest BCUT2D eigenvalue weighted by atomic mass is 9.85. The monoisotopic (exact) mass is 385 g/mol. The zero-order valence-corrected chi connectivity index (χ0v) is 14.2. The van der Waals surface area contributed by atoms with Crippen LogP contribution in [0.1, 0.15) is 49.1 Å². The number of nitrogens with zero attached hydrogens (tertiary/aromatic N) is 1. The first kappa shape index (κ1) is 15.6. The third-order valence-corrected chi connectivity index (χ3v) is 4.26. The fourth-order valence-electron chi connectivity index (χ4n) is 2.49. The van der Waals surface area contributed by atoms with Crippen LogP contribution in [-0.2, 0) is 6.54 Å². The number of aliphatic imine (C=N–C) groups is 1. The number of rotatable bonds is 5. The Morgan fingerprint density at radius 1 is 1.15 bits per heavy atom. The maximum absolute atomic E-state index is 5.88. The molecule has 0 spiro atoms. The summed E-state index contributed by atoms with van der Waals surface area (Å²) in [4.78, 5) is 4.40. The van der Waals surface area contributed by atoms with E-state index >= 15 is 0 Å². The van der Waals surface area contributed by atoms with Crippen LogP contribution in [0.4, 0.5) is 0 Å². The number of benzene rings is 1. The lowest BCUT2D eigenvalue weighted by Gasteiger charge is -2.25. The molecule has 3 nitrogen and oxygen atoms in total. The first-order chi connectivity index (χ1) is 9.31. The number of hydrogen-bond acceptors (Lipinski definition) is 1. The third kappa shape index (κ3) is 4.36. The summed E-state index contributed by atoms with van der Waals surface area (Å²) in [5, 5.41) is 3.22. The number of nitrogens with one attached hydrogen (secondary N) is 1. The molecule has 0 amide bonds. The summed E-state index contributed by atoms with van der Waals surface area (Å²) in [5.41, 5.74) is 8.59. The summed E-state index contributed by atoms with van der Waals surface area (Å²) in [6, 6.07) is 8.83. The van der Waals surface area contributed by atoms with Crippen molar-refractivity contribution in [3.05, 3.63) is 35.4 Å². The van der Waals surface area contributed by atoms with Crippen molar-refractivity contribution >= 4 is 29.9 Å². The van der Waals surface area contributed by atoms with E-state index in [1.807, 2.05) is 0 Å². The molecule has 0 aromatic heterocycles. The molecule has 1 aromatic rings. The highest BCUT2D eigenvalue weighted by atomic mass is 127. The molecular formula is C16H24IN3. The van der Waals surface area contributed by atoms with Crippen LogP contribution in [0.3, 0.4) is 0 Å². The lowest BCUT2D eigenvalue weighted by molar-refractivity contribution is 0.315. The molecule has 2 fully saturated rings. The van der Waals surface area contributed by atoms with Crippen molar-refractivity contribution in [2.45, 2.75) is 44.6 Å². The van der Waals surface area contributed by atoms with Crippen molar-refractivity contribution in [2.75, 3.05) is 6.54 Å². The lowest BCUT2D eigenvalue weighted by Crippen LogP contribution is -2.37. The summed E-state index contributed by atoms with van der Waals surface area (Å²) in [6.07, 6.45) is 6.76. The van der Waals surface area contributed by atoms with Gasteiger partial charge in [-0.1, -0.05) is 30.7 Å². The van der Waals surface area contributed by atoms with E-state index in [1.165, 1.54) is 43.2 Å². The van der Waals surface area contributed by atoms with Crippen molar-refractivity contribution < 1.29 is 0 Å². The van der Waals surface area contributed by atoms with Crippen molar-refractivity contribution in [3.63, 3.8) is 0 Å². The Balaban J connectivity index is 0.00000147. The molecule has 0 heterocycles. The van der Waals surface area contributed by atoms with Crippen LogP contribution in [0.5, 0.6) is 0 Å². The van der Waals surface area contributed by atoms with Crippen LogP contribution in [0.25, 0.3) is 0 Å². The van der Waals surface area contributed by atoms with Crippen LogP contribution in [0, 0.1) is 5.92 Å². The Morgan fingerprint density at radius 3 is 2.40 bits per heavy atom. The maximum Gasteiger partial charge on any atom is 0.188 e. The molecule has 2 saturated carbocycles. The molecule has 3 N–H and O–H groups in total. The van der Waals surface area contributed by atoms with Crippen LogP contribution in [0.2, 0.25) is 0 Å². The van der Waals surface area contributed by atoms with Crippen LogP contribution in [0.15, 0.2) is 29.3 Å². The molecule has 2 aliphatic rings. The SMILES string of the molecule is I.NC(=NCc1ccc(C2CC2)cc1)NCC1CCC1. The summed E-state index contributed by atoms with van der Waals surface area (Å²) in [6.45, 7) is 1.66. The molecule has 2 aliphatic carbocycles. The molecule has 110 valence electrons. The van der Waals surface area contributed by atoms with E-state index in [0.29, 0.717) is 12.5 Å². The van der Waals surface area contributed by atoms with Gasteiger partial charge >= 0.3 is 0 Å². The van der Waals surface area contributed by atoms with Gasteiger partial charge in [-0.2, -0.15) is 0 Å². The second-order valence-corrected chi connectivity index (χ2v) is 5.90. The molecule has 4 heteroatoms. The van der Waals surface area contributed by atoms with Crippen molar-refractivity contribution in [1.29, 1.82) is 0 Å². The van der Waals surface area contributed by atoms with Crippen LogP contribution < -0.4 is 11.1 Å². The van der Waals surface area contributed by atoms with Gasteiger partial charge in [-0.05, 0) is 48.6 Å². The first-order valence-corrected chi connectivity index (χ1v) is 7.44. The molecule has 3 rings (SSSR count). The number of nitrogens with two attached hydrogens (primary N) is 1. The van der Waals surface area contributed by atoms with E-state index in [-0.39, 0.29) is 24.0 Å². The highest BCUT2D eigenvalue weighted by Gasteiger charge is 2.22. The summed E-state index contributed by atoms with van der Waals surface area (Å²) in [5.74, 6) is 2.22. The third-order valence-electron chi connectivity index (χ3n) is 4.26. The van der Waals surface area contributed by atoms with Gasteiger partial charge in [0.1, 0.15) is 0 Å². The van der Waals surface area contributed by atoms with Gasteiger partial charge in [0.15, 0.2) is 5.96 Å². The van der Waals surface area contributed by atoms with E-state index in [1.54, 1.807) is 0 Å². The number of guanidine groups is 1. The predicted molar refractivity (Wildman–Crippen MR) is 94.5 cm³/mol. The average Bonchev–Trinajstić information content (AvgIpc) is 3.19. The average molecular weight is 385 g/mol. The van der Waals surface area contributed by atoms with Crippen LogP contribution in [-0.4, -0.2) is 12.5 Å².